The number of alkyl halides is 3. The van der Waals surface area contributed by atoms with Crippen LogP contribution in [0.4, 0.5) is 13.2 Å². The van der Waals surface area contributed by atoms with Gasteiger partial charge in [-0.2, -0.15) is 13.2 Å². The Labute approximate surface area is 107 Å². The zero-order valence-corrected chi connectivity index (χ0v) is 10.2. The van der Waals surface area contributed by atoms with E-state index in [4.69, 9.17) is 0 Å². The molecule has 0 aromatic carbocycles. The summed E-state index contributed by atoms with van der Waals surface area (Å²) in [6.07, 6.45) is -2.16. The van der Waals surface area contributed by atoms with Gasteiger partial charge in [-0.15, -0.1) is 6.58 Å². The van der Waals surface area contributed by atoms with Crippen molar-refractivity contribution in [3.05, 3.63) is 46.9 Å². The predicted octanol–water partition coefficient (Wildman–Crippen LogP) is 1.73. The van der Waals surface area contributed by atoms with Gasteiger partial charge in [-0.1, -0.05) is 6.08 Å². The first kappa shape index (κ1) is 15.0. The van der Waals surface area contributed by atoms with Crippen LogP contribution < -0.4 is 10.9 Å². The van der Waals surface area contributed by atoms with E-state index < -0.39 is 29.2 Å². The Morgan fingerprint density at radius 1 is 1.58 bits per heavy atom. The summed E-state index contributed by atoms with van der Waals surface area (Å²) in [5, 5.41) is 2.46. The average Bonchev–Trinajstić information content (AvgIpc) is 2.33. The number of carbonyl (C=O) groups is 1. The van der Waals surface area contributed by atoms with Gasteiger partial charge < -0.3 is 9.88 Å². The summed E-state index contributed by atoms with van der Waals surface area (Å²) in [5.41, 5.74) is -1.91. The highest BCUT2D eigenvalue weighted by atomic mass is 19.4. The van der Waals surface area contributed by atoms with Crippen LogP contribution in [-0.2, 0) is 11.0 Å². The molecule has 0 fully saturated rings. The van der Waals surface area contributed by atoms with Crippen molar-refractivity contribution in [1.29, 1.82) is 0 Å². The van der Waals surface area contributed by atoms with Gasteiger partial charge in [0.2, 0.25) is 5.91 Å². The van der Waals surface area contributed by atoms with Crippen molar-refractivity contribution in [3.8, 4) is 0 Å². The maximum Gasteiger partial charge on any atom is 0.416 e. The molecule has 0 saturated heterocycles. The molecule has 1 N–H and O–H groups in total. The number of amides is 1. The van der Waals surface area contributed by atoms with Crippen LogP contribution >= 0.6 is 0 Å². The highest BCUT2D eigenvalue weighted by Gasteiger charge is 2.31. The Balaban J connectivity index is 3.00. The SMILES string of the molecule is C=CCNC(=O)C(C)n1ccc(C(F)(F)F)cc1=O. The number of aromatic nitrogens is 1. The normalized spacial score (nSPS) is 12.8. The van der Waals surface area contributed by atoms with Crippen molar-refractivity contribution in [3.63, 3.8) is 0 Å². The first-order valence-electron chi connectivity index (χ1n) is 5.45. The van der Waals surface area contributed by atoms with Crippen LogP contribution in [0.25, 0.3) is 0 Å². The summed E-state index contributed by atoms with van der Waals surface area (Å²) in [6, 6.07) is 0.338. The Morgan fingerprint density at radius 2 is 2.21 bits per heavy atom. The lowest BCUT2D eigenvalue weighted by atomic mass is 10.2. The van der Waals surface area contributed by atoms with Crippen LogP contribution in [-0.4, -0.2) is 17.0 Å². The van der Waals surface area contributed by atoms with Crippen LogP contribution in [0.1, 0.15) is 18.5 Å². The standard InChI is InChI=1S/C12H13F3N2O2/c1-3-5-16-11(19)8(2)17-6-4-9(7-10(17)18)12(13,14)15/h3-4,6-8H,1,5H2,2H3,(H,16,19). The van der Waals surface area contributed by atoms with Gasteiger partial charge >= 0.3 is 6.18 Å². The summed E-state index contributed by atoms with van der Waals surface area (Å²) in [5.74, 6) is -0.471. The zero-order chi connectivity index (χ0) is 14.6. The van der Waals surface area contributed by atoms with E-state index in [1.807, 2.05) is 0 Å². The molecule has 1 rings (SSSR count). The molecule has 1 amide bonds. The smallest absolute Gasteiger partial charge is 0.351 e. The van der Waals surface area contributed by atoms with Crippen molar-refractivity contribution in [1.82, 2.24) is 9.88 Å². The molecule has 1 heterocycles. The van der Waals surface area contributed by atoms with Gasteiger partial charge in [0.1, 0.15) is 6.04 Å². The lowest BCUT2D eigenvalue weighted by Gasteiger charge is -2.15. The van der Waals surface area contributed by atoms with E-state index in [1.165, 1.54) is 13.0 Å². The van der Waals surface area contributed by atoms with Gasteiger partial charge in [-0.25, -0.2) is 0 Å². The monoisotopic (exact) mass is 274 g/mol. The van der Waals surface area contributed by atoms with Crippen molar-refractivity contribution >= 4 is 5.91 Å². The lowest BCUT2D eigenvalue weighted by molar-refractivity contribution is -0.137. The van der Waals surface area contributed by atoms with E-state index in [0.717, 1.165) is 16.8 Å². The van der Waals surface area contributed by atoms with Gasteiger partial charge in [0, 0.05) is 18.8 Å². The fourth-order valence-corrected chi connectivity index (χ4v) is 1.43. The van der Waals surface area contributed by atoms with Crippen LogP contribution in [0, 0.1) is 0 Å². The number of nitrogens with zero attached hydrogens (tertiary/aromatic N) is 1. The fraction of sp³-hybridized carbons (Fsp3) is 0.333. The molecule has 0 radical (unpaired) electrons. The second kappa shape index (κ2) is 5.73. The van der Waals surface area contributed by atoms with Crippen LogP contribution in [0.2, 0.25) is 0 Å². The summed E-state index contributed by atoms with van der Waals surface area (Å²) in [6.45, 7) is 5.06. The summed E-state index contributed by atoms with van der Waals surface area (Å²) < 4.78 is 38.1. The molecule has 19 heavy (non-hydrogen) atoms. The summed E-state index contributed by atoms with van der Waals surface area (Å²) in [4.78, 5) is 23.2. The van der Waals surface area contributed by atoms with Gasteiger partial charge in [-0.3, -0.25) is 9.59 Å². The van der Waals surface area contributed by atoms with E-state index in [9.17, 15) is 22.8 Å². The zero-order valence-electron chi connectivity index (χ0n) is 10.2. The maximum atomic E-state index is 12.4. The number of hydrogen-bond acceptors (Lipinski definition) is 2. The van der Waals surface area contributed by atoms with E-state index in [-0.39, 0.29) is 6.54 Å². The van der Waals surface area contributed by atoms with E-state index in [1.54, 1.807) is 0 Å². The maximum absolute atomic E-state index is 12.4. The molecule has 104 valence electrons. The van der Waals surface area contributed by atoms with Crippen molar-refractivity contribution < 1.29 is 18.0 Å². The molecule has 0 spiro atoms. The first-order chi connectivity index (χ1) is 8.77. The number of carbonyl (C=O) groups excluding carboxylic acids is 1. The van der Waals surface area contributed by atoms with Gasteiger partial charge in [0.25, 0.3) is 5.56 Å². The lowest BCUT2D eigenvalue weighted by Crippen LogP contribution is -2.35. The minimum Gasteiger partial charge on any atom is -0.351 e. The number of pyridine rings is 1. The summed E-state index contributed by atoms with van der Waals surface area (Å²) in [7, 11) is 0. The van der Waals surface area contributed by atoms with Crippen LogP contribution in [0.3, 0.4) is 0 Å². The minimum atomic E-state index is -4.58. The second-order valence-corrected chi connectivity index (χ2v) is 3.87. The average molecular weight is 274 g/mol. The van der Waals surface area contributed by atoms with Crippen molar-refractivity contribution in [2.45, 2.75) is 19.1 Å². The Bertz CT molecular complexity index is 535. The molecule has 1 unspecified atom stereocenters. The Hall–Kier alpha value is -2.05. The molecule has 1 atom stereocenters. The van der Waals surface area contributed by atoms with Gasteiger partial charge in [0.05, 0.1) is 5.56 Å². The van der Waals surface area contributed by atoms with Crippen molar-refractivity contribution in [2.24, 2.45) is 0 Å². The largest absolute Gasteiger partial charge is 0.416 e. The molecule has 0 saturated carbocycles. The molecule has 1 aromatic heterocycles. The number of nitrogens with one attached hydrogen (secondary N) is 1. The van der Waals surface area contributed by atoms with Crippen LogP contribution in [0.5, 0.6) is 0 Å². The first-order valence-corrected chi connectivity index (χ1v) is 5.45. The second-order valence-electron chi connectivity index (χ2n) is 3.87. The van der Waals surface area contributed by atoms with Gasteiger partial charge in [0.15, 0.2) is 0 Å². The van der Waals surface area contributed by atoms with E-state index in [2.05, 4.69) is 11.9 Å². The highest BCUT2D eigenvalue weighted by molar-refractivity contribution is 5.79. The minimum absolute atomic E-state index is 0.221. The molecule has 0 aliphatic rings. The highest BCUT2D eigenvalue weighted by Crippen LogP contribution is 2.27. The van der Waals surface area contributed by atoms with E-state index in [0.29, 0.717) is 6.07 Å². The Morgan fingerprint density at radius 3 is 2.68 bits per heavy atom. The topological polar surface area (TPSA) is 51.1 Å². The molecular formula is C12H13F3N2O2. The quantitative estimate of drug-likeness (QED) is 0.850. The third-order valence-corrected chi connectivity index (χ3v) is 2.49. The Kier molecular flexibility index (Phi) is 4.52. The molecule has 0 aliphatic heterocycles. The van der Waals surface area contributed by atoms with Crippen LogP contribution in [0.15, 0.2) is 35.8 Å². The van der Waals surface area contributed by atoms with Crippen molar-refractivity contribution in [2.75, 3.05) is 6.54 Å². The molecule has 7 heteroatoms. The third kappa shape index (κ3) is 3.70. The number of rotatable bonds is 4. The molecule has 4 nitrogen and oxygen atoms in total. The van der Waals surface area contributed by atoms with Gasteiger partial charge in [-0.05, 0) is 13.0 Å². The predicted molar refractivity (Wildman–Crippen MR) is 63.6 cm³/mol. The summed E-state index contributed by atoms with van der Waals surface area (Å²) >= 11 is 0. The number of halogens is 3. The molecule has 0 aliphatic carbocycles. The molecule has 0 bridgehead atoms. The number of hydrogen-bond donors (Lipinski definition) is 1. The molecule has 1 aromatic rings. The molecular weight excluding hydrogens is 261 g/mol. The third-order valence-electron chi connectivity index (χ3n) is 2.49. The van der Waals surface area contributed by atoms with E-state index >= 15 is 0 Å². The fourth-order valence-electron chi connectivity index (χ4n) is 1.43.